The molecule has 1 aliphatic rings. The van der Waals surface area contributed by atoms with Crippen LogP contribution >= 0.6 is 0 Å². The second-order valence-electron chi connectivity index (χ2n) is 4.12. The minimum Gasteiger partial charge on any atom is -0.465 e. The van der Waals surface area contributed by atoms with Gasteiger partial charge in [-0.2, -0.15) is 10.5 Å². The molecule has 1 heterocycles. The summed E-state index contributed by atoms with van der Waals surface area (Å²) in [6, 6.07) is 10.6. The molecule has 1 aliphatic heterocycles. The first-order valence-corrected chi connectivity index (χ1v) is 5.78. The predicted molar refractivity (Wildman–Crippen MR) is 67.8 cm³/mol. The van der Waals surface area contributed by atoms with E-state index >= 15 is 0 Å². The van der Waals surface area contributed by atoms with Crippen LogP contribution in [0.15, 0.2) is 35.7 Å². The normalized spacial score (nSPS) is 16.7. The number of fused-ring (bicyclic) bond motifs is 1. The Balaban J connectivity index is 2.65. The van der Waals surface area contributed by atoms with Gasteiger partial charge < -0.3 is 15.2 Å². The molecule has 0 saturated carbocycles. The number of para-hydroxylation sites is 1. The van der Waals surface area contributed by atoms with Crippen LogP contribution in [0.1, 0.15) is 11.5 Å². The molecule has 20 heavy (non-hydrogen) atoms. The summed E-state index contributed by atoms with van der Waals surface area (Å²) in [7, 11) is 1.20. The van der Waals surface area contributed by atoms with E-state index < -0.39 is 17.8 Å². The van der Waals surface area contributed by atoms with Gasteiger partial charge in [0.25, 0.3) is 0 Å². The van der Waals surface area contributed by atoms with Crippen molar-refractivity contribution in [3.63, 3.8) is 0 Å². The summed E-state index contributed by atoms with van der Waals surface area (Å²) in [6.45, 7) is 0. The number of nitrogens with two attached hydrogens (primary N) is 1. The van der Waals surface area contributed by atoms with Crippen molar-refractivity contribution >= 4 is 5.97 Å². The molecule has 2 N–H and O–H groups in total. The molecule has 0 fully saturated rings. The Kier molecular flexibility index (Phi) is 3.58. The highest BCUT2D eigenvalue weighted by atomic mass is 16.5. The number of methoxy groups -OCH3 is 1. The minimum atomic E-state index is -1.06. The number of rotatable bonds is 2. The molecule has 100 valence electrons. The van der Waals surface area contributed by atoms with E-state index in [1.165, 1.54) is 7.11 Å². The summed E-state index contributed by atoms with van der Waals surface area (Å²) in [6.07, 6.45) is 0. The molecule has 0 saturated heterocycles. The Morgan fingerprint density at radius 2 is 2.05 bits per heavy atom. The Hall–Kier alpha value is -2.99. The van der Waals surface area contributed by atoms with Gasteiger partial charge in [-0.05, 0) is 6.07 Å². The number of hydrogen-bond donors (Lipinski definition) is 1. The van der Waals surface area contributed by atoms with Crippen LogP contribution in [0.4, 0.5) is 0 Å². The van der Waals surface area contributed by atoms with Gasteiger partial charge in [0.1, 0.15) is 17.2 Å². The number of nitriles is 2. The Morgan fingerprint density at radius 3 is 2.65 bits per heavy atom. The zero-order valence-corrected chi connectivity index (χ0v) is 10.7. The maximum absolute atomic E-state index is 11.9. The first-order valence-electron chi connectivity index (χ1n) is 5.78. The molecule has 0 aliphatic carbocycles. The maximum Gasteiger partial charge on any atom is 0.339 e. The number of carbonyl (C=O) groups is 1. The second-order valence-corrected chi connectivity index (χ2v) is 4.12. The standard InChI is InChI=1S/C14H11N3O3/c1-19-14(18)12-11(8(6-15)7-16)9-4-2-3-5-10(9)20-13(12)17/h2-5,8,11H,17H2,1H3/t11-/m0/s1. The van der Waals surface area contributed by atoms with Gasteiger partial charge in [-0.15, -0.1) is 0 Å². The molecule has 6 heteroatoms. The van der Waals surface area contributed by atoms with Crippen LogP contribution in [0.5, 0.6) is 5.75 Å². The molecular weight excluding hydrogens is 258 g/mol. The third-order valence-corrected chi connectivity index (χ3v) is 3.07. The molecule has 1 aromatic rings. The van der Waals surface area contributed by atoms with Gasteiger partial charge in [0, 0.05) is 5.56 Å². The SMILES string of the molecule is COC(=O)C1=C(N)Oc2ccccc2[C@@H]1C(C#N)C#N. The lowest BCUT2D eigenvalue weighted by atomic mass is 9.80. The van der Waals surface area contributed by atoms with Gasteiger partial charge in [-0.25, -0.2) is 4.79 Å². The van der Waals surface area contributed by atoms with Crippen molar-refractivity contribution < 1.29 is 14.3 Å². The van der Waals surface area contributed by atoms with Crippen molar-refractivity contribution in [2.75, 3.05) is 7.11 Å². The van der Waals surface area contributed by atoms with Gasteiger partial charge in [-0.3, -0.25) is 0 Å². The predicted octanol–water partition coefficient (Wildman–Crippen LogP) is 1.17. The van der Waals surface area contributed by atoms with Crippen molar-refractivity contribution in [3.8, 4) is 17.9 Å². The zero-order chi connectivity index (χ0) is 14.7. The maximum atomic E-state index is 11.9. The van der Waals surface area contributed by atoms with Gasteiger partial charge in [0.05, 0.1) is 25.2 Å². The van der Waals surface area contributed by atoms with E-state index in [4.69, 9.17) is 21.0 Å². The molecule has 2 rings (SSSR count). The van der Waals surface area contributed by atoms with Crippen LogP contribution < -0.4 is 10.5 Å². The number of ether oxygens (including phenoxy) is 2. The smallest absolute Gasteiger partial charge is 0.339 e. The average Bonchev–Trinajstić information content (AvgIpc) is 2.47. The third-order valence-electron chi connectivity index (χ3n) is 3.07. The molecular formula is C14H11N3O3. The van der Waals surface area contributed by atoms with Crippen molar-refractivity contribution in [3.05, 3.63) is 41.3 Å². The van der Waals surface area contributed by atoms with Gasteiger partial charge in [-0.1, -0.05) is 18.2 Å². The fraction of sp³-hybridized carbons (Fsp3) is 0.214. The Labute approximate surface area is 115 Å². The van der Waals surface area contributed by atoms with E-state index in [2.05, 4.69) is 4.74 Å². The minimum absolute atomic E-state index is 0.000648. The molecule has 0 unspecified atom stereocenters. The number of nitrogens with zero attached hydrogens (tertiary/aromatic N) is 2. The molecule has 0 amide bonds. The fourth-order valence-corrected chi connectivity index (χ4v) is 2.17. The van der Waals surface area contributed by atoms with Crippen molar-refractivity contribution in [1.29, 1.82) is 10.5 Å². The lowest BCUT2D eigenvalue weighted by Gasteiger charge is -2.28. The molecule has 0 aromatic heterocycles. The second kappa shape index (κ2) is 5.33. The highest BCUT2D eigenvalue weighted by Gasteiger charge is 2.39. The zero-order valence-electron chi connectivity index (χ0n) is 10.7. The Bertz CT molecular complexity index is 653. The summed E-state index contributed by atoms with van der Waals surface area (Å²) in [5.74, 6) is -2.28. The molecule has 6 nitrogen and oxygen atoms in total. The summed E-state index contributed by atoms with van der Waals surface area (Å²) < 4.78 is 10.0. The highest BCUT2D eigenvalue weighted by molar-refractivity contribution is 5.91. The highest BCUT2D eigenvalue weighted by Crippen LogP contribution is 2.42. The van der Waals surface area contributed by atoms with Gasteiger partial charge in [0.15, 0.2) is 0 Å². The first kappa shape index (κ1) is 13.4. The summed E-state index contributed by atoms with van der Waals surface area (Å²) >= 11 is 0. The van der Waals surface area contributed by atoms with E-state index in [0.29, 0.717) is 11.3 Å². The third kappa shape index (κ3) is 2.04. The summed E-state index contributed by atoms with van der Waals surface area (Å²) in [5, 5.41) is 18.3. The van der Waals surface area contributed by atoms with Gasteiger partial charge >= 0.3 is 5.97 Å². The monoisotopic (exact) mass is 269 g/mol. The van der Waals surface area contributed by atoms with Crippen molar-refractivity contribution in [2.45, 2.75) is 5.92 Å². The number of carbonyl (C=O) groups excluding carboxylic acids is 1. The number of benzene rings is 1. The first-order chi connectivity index (χ1) is 9.63. The fourth-order valence-electron chi connectivity index (χ4n) is 2.17. The van der Waals surface area contributed by atoms with E-state index in [-0.39, 0.29) is 11.5 Å². The largest absolute Gasteiger partial charge is 0.465 e. The van der Waals surface area contributed by atoms with Crippen LogP contribution in [-0.2, 0) is 9.53 Å². The Morgan fingerprint density at radius 1 is 1.40 bits per heavy atom. The molecule has 0 spiro atoms. The van der Waals surface area contributed by atoms with Crippen LogP contribution in [-0.4, -0.2) is 13.1 Å². The summed E-state index contributed by atoms with van der Waals surface area (Å²) in [4.78, 5) is 11.9. The molecule has 1 aromatic carbocycles. The quantitative estimate of drug-likeness (QED) is 0.807. The van der Waals surface area contributed by atoms with Crippen LogP contribution in [0, 0.1) is 28.6 Å². The van der Waals surface area contributed by atoms with E-state index in [0.717, 1.165) is 0 Å². The van der Waals surface area contributed by atoms with Crippen molar-refractivity contribution in [1.82, 2.24) is 0 Å². The van der Waals surface area contributed by atoms with Crippen LogP contribution in [0.3, 0.4) is 0 Å². The van der Waals surface area contributed by atoms with E-state index in [1.807, 2.05) is 12.1 Å². The van der Waals surface area contributed by atoms with E-state index in [9.17, 15) is 4.79 Å². The molecule has 1 atom stereocenters. The summed E-state index contributed by atoms with van der Waals surface area (Å²) in [5.41, 5.74) is 6.31. The molecule has 0 radical (unpaired) electrons. The average molecular weight is 269 g/mol. The van der Waals surface area contributed by atoms with Gasteiger partial charge in [0.2, 0.25) is 5.88 Å². The lowest BCUT2D eigenvalue weighted by molar-refractivity contribution is -0.136. The topological polar surface area (TPSA) is 109 Å². The molecule has 0 bridgehead atoms. The van der Waals surface area contributed by atoms with Crippen LogP contribution in [0.25, 0.3) is 0 Å². The van der Waals surface area contributed by atoms with Crippen LogP contribution in [0.2, 0.25) is 0 Å². The van der Waals surface area contributed by atoms with E-state index in [1.54, 1.807) is 24.3 Å². The number of hydrogen-bond acceptors (Lipinski definition) is 6. The number of esters is 1. The lowest BCUT2D eigenvalue weighted by Crippen LogP contribution is -2.29. The van der Waals surface area contributed by atoms with Crippen molar-refractivity contribution in [2.24, 2.45) is 11.7 Å².